The zero-order valence-corrected chi connectivity index (χ0v) is 25.2. The number of thioether (sulfide) groups is 2. The fourth-order valence-corrected chi connectivity index (χ4v) is 13.6. The van der Waals surface area contributed by atoms with Crippen LogP contribution >= 0.6 is 68.9 Å². The van der Waals surface area contributed by atoms with Crippen molar-refractivity contribution in [2.45, 2.75) is 27.3 Å². The van der Waals surface area contributed by atoms with Gasteiger partial charge in [-0.2, -0.15) is 26.3 Å². The standard InChI is InChI=1S/C29H14F6S6/c30-27(31)23-15-13-19(17-5-1-9-36-17)40-25(15,21-7-3-11-38-21)26(22-8-4-12-39-22)16(24(23)28(32,33)29(27,34)35)14-20(41-26)18-6-2-10-37-18/h1-14H/t25-,26-/m1/s1. The van der Waals surface area contributed by atoms with Gasteiger partial charge in [-0.1, -0.05) is 24.3 Å². The Kier molecular flexibility index (Phi) is 5.57. The van der Waals surface area contributed by atoms with Crippen LogP contribution in [0.2, 0.25) is 0 Å². The second-order valence-corrected chi connectivity index (χ2v) is 16.1. The predicted molar refractivity (Wildman–Crippen MR) is 161 cm³/mol. The van der Waals surface area contributed by atoms with Crippen LogP contribution in [-0.2, 0) is 9.49 Å². The Balaban J connectivity index is 1.58. The van der Waals surface area contributed by atoms with E-state index in [1.54, 1.807) is 35.0 Å². The lowest BCUT2D eigenvalue weighted by molar-refractivity contribution is -0.258. The van der Waals surface area contributed by atoms with Crippen LogP contribution in [0.4, 0.5) is 26.3 Å². The molecule has 0 aromatic carbocycles. The number of fused-ring (bicyclic) bond motifs is 4. The van der Waals surface area contributed by atoms with Gasteiger partial charge in [0.1, 0.15) is 9.49 Å². The van der Waals surface area contributed by atoms with E-state index in [-0.39, 0.29) is 11.1 Å². The third-order valence-electron chi connectivity index (χ3n) is 7.80. The average Bonchev–Trinajstić information content (AvgIpc) is 3.78. The van der Waals surface area contributed by atoms with Crippen LogP contribution in [0.15, 0.2) is 104 Å². The molecule has 12 heteroatoms. The zero-order chi connectivity index (χ0) is 28.4. The molecule has 1 fully saturated rings. The third kappa shape index (κ3) is 3.06. The van der Waals surface area contributed by atoms with Crippen LogP contribution in [0.25, 0.3) is 9.81 Å². The summed E-state index contributed by atoms with van der Waals surface area (Å²) in [5.74, 6) is -15.8. The number of thiophene rings is 4. The van der Waals surface area contributed by atoms with Crippen molar-refractivity contribution >= 4 is 78.7 Å². The summed E-state index contributed by atoms with van der Waals surface area (Å²) in [5, 5.41) is 7.29. The molecule has 0 radical (unpaired) electrons. The Morgan fingerprint density at radius 3 is 1.22 bits per heavy atom. The van der Waals surface area contributed by atoms with Crippen LogP contribution in [-0.4, -0.2) is 17.8 Å². The minimum absolute atomic E-state index is 0.171. The van der Waals surface area contributed by atoms with Crippen LogP contribution in [0, 0.1) is 0 Å². The maximum atomic E-state index is 16.0. The van der Waals surface area contributed by atoms with Gasteiger partial charge in [-0.25, -0.2) is 0 Å². The number of hydrogen-bond donors (Lipinski definition) is 0. The first-order valence-corrected chi connectivity index (χ1v) is 17.3. The maximum absolute atomic E-state index is 16.0. The first-order valence-electron chi connectivity index (χ1n) is 12.2. The molecule has 0 bridgehead atoms. The molecule has 0 amide bonds. The minimum atomic E-state index is -5.61. The number of hydrogen-bond acceptors (Lipinski definition) is 6. The van der Waals surface area contributed by atoms with Gasteiger partial charge in [0.2, 0.25) is 0 Å². The normalized spacial score (nSPS) is 28.9. The highest BCUT2D eigenvalue weighted by molar-refractivity contribution is 8.14. The second-order valence-electron chi connectivity index (χ2n) is 9.79. The maximum Gasteiger partial charge on any atom is 0.380 e. The molecule has 4 aliphatic rings. The van der Waals surface area contributed by atoms with Crippen molar-refractivity contribution in [3.8, 4) is 0 Å². The summed E-state index contributed by atoms with van der Waals surface area (Å²) in [5.41, 5.74) is -2.83. The molecule has 8 rings (SSSR count). The number of rotatable bonds is 4. The van der Waals surface area contributed by atoms with Gasteiger partial charge in [-0.3, -0.25) is 0 Å². The van der Waals surface area contributed by atoms with Crippen LogP contribution in [0.1, 0.15) is 19.5 Å². The van der Waals surface area contributed by atoms with Gasteiger partial charge in [0.05, 0.1) is 0 Å². The van der Waals surface area contributed by atoms with Crippen molar-refractivity contribution in [1.29, 1.82) is 0 Å². The van der Waals surface area contributed by atoms with Gasteiger partial charge in [0, 0.05) is 40.5 Å². The molecule has 0 saturated heterocycles. The Morgan fingerprint density at radius 2 is 0.878 bits per heavy atom. The summed E-state index contributed by atoms with van der Waals surface area (Å²) in [7, 11) is 0. The van der Waals surface area contributed by atoms with E-state index in [0.717, 1.165) is 9.75 Å². The van der Waals surface area contributed by atoms with E-state index in [1.807, 2.05) is 35.0 Å². The number of allylic oxidation sites excluding steroid dienone is 4. The minimum Gasteiger partial charge on any atom is -0.194 e. The number of halogens is 6. The van der Waals surface area contributed by atoms with Crippen LogP contribution in [0.3, 0.4) is 0 Å². The fourth-order valence-electron chi connectivity index (χ4n) is 6.17. The van der Waals surface area contributed by atoms with Gasteiger partial charge in [0.15, 0.2) is 0 Å². The fraction of sp³-hybridized carbons (Fsp3) is 0.172. The van der Waals surface area contributed by atoms with Crippen LogP contribution in [0.5, 0.6) is 0 Å². The first kappa shape index (κ1) is 26.7. The molecule has 0 N–H and O–H groups in total. The zero-order valence-electron chi connectivity index (χ0n) is 20.3. The van der Waals surface area contributed by atoms with Gasteiger partial charge < -0.3 is 0 Å². The molecule has 0 nitrogen and oxygen atoms in total. The van der Waals surface area contributed by atoms with E-state index in [4.69, 9.17) is 0 Å². The quantitative estimate of drug-likeness (QED) is 0.199. The van der Waals surface area contributed by atoms with Gasteiger partial charge in [-0.15, -0.1) is 68.9 Å². The predicted octanol–water partition coefficient (Wildman–Crippen LogP) is 11.1. The van der Waals surface area contributed by atoms with Crippen molar-refractivity contribution in [3.05, 3.63) is 124 Å². The van der Waals surface area contributed by atoms with Gasteiger partial charge >= 0.3 is 17.8 Å². The highest BCUT2D eigenvalue weighted by atomic mass is 32.2. The molecule has 41 heavy (non-hydrogen) atoms. The van der Waals surface area contributed by atoms with Gasteiger partial charge in [0.25, 0.3) is 0 Å². The monoisotopic (exact) mass is 668 g/mol. The summed E-state index contributed by atoms with van der Waals surface area (Å²) in [4.78, 5) is 3.97. The summed E-state index contributed by atoms with van der Waals surface area (Å²) in [6.07, 6.45) is 2.93. The van der Waals surface area contributed by atoms with Crippen LogP contribution < -0.4 is 0 Å². The molecule has 2 aliphatic heterocycles. The van der Waals surface area contributed by atoms with E-state index in [2.05, 4.69) is 0 Å². The lowest BCUT2D eigenvalue weighted by atomic mass is 9.68. The largest absolute Gasteiger partial charge is 0.380 e. The molecule has 2 aliphatic carbocycles. The highest BCUT2D eigenvalue weighted by Gasteiger charge is 2.85. The first-order chi connectivity index (χ1) is 19.6. The summed E-state index contributed by atoms with van der Waals surface area (Å²) in [6.45, 7) is 0. The van der Waals surface area contributed by atoms with Crippen molar-refractivity contribution < 1.29 is 26.3 Å². The van der Waals surface area contributed by atoms with Crippen molar-refractivity contribution in [2.75, 3.05) is 0 Å². The van der Waals surface area contributed by atoms with E-state index < -0.39 is 38.4 Å². The van der Waals surface area contributed by atoms with Crippen molar-refractivity contribution in [2.24, 2.45) is 0 Å². The Morgan fingerprint density at radius 1 is 0.488 bits per heavy atom. The molecule has 6 heterocycles. The third-order valence-corrected chi connectivity index (χ3v) is 15.5. The molecule has 0 spiro atoms. The molecular formula is C29H14F6S6. The molecule has 1 saturated carbocycles. The topological polar surface area (TPSA) is 0 Å². The SMILES string of the molecule is FC1(F)C2=C3C=C(c4cccs4)S[C@]3(c3cccs3)[C@@]3(c4cccs4)SC(c4cccs4)=CC3=C2C(F)(F)C1(F)F. The molecule has 4 aromatic rings. The lowest BCUT2D eigenvalue weighted by Crippen LogP contribution is -2.48. The Hall–Kier alpha value is -1.96. The van der Waals surface area contributed by atoms with E-state index in [9.17, 15) is 0 Å². The Labute approximate surface area is 254 Å². The lowest BCUT2D eigenvalue weighted by Gasteiger charge is -2.50. The summed E-state index contributed by atoms with van der Waals surface area (Å²) >= 11 is 8.01. The molecule has 2 atom stereocenters. The molecule has 0 unspecified atom stereocenters. The van der Waals surface area contributed by atoms with E-state index >= 15 is 26.3 Å². The molecular weight excluding hydrogens is 655 g/mol. The average molecular weight is 669 g/mol. The summed E-state index contributed by atoms with van der Waals surface area (Å²) < 4.78 is 91.9. The van der Waals surface area contributed by atoms with Gasteiger partial charge in [-0.05, 0) is 69.1 Å². The Bertz CT molecular complexity index is 1670. The second kappa shape index (κ2) is 8.57. The van der Waals surface area contributed by atoms with Crippen molar-refractivity contribution in [3.63, 3.8) is 0 Å². The number of alkyl halides is 6. The summed E-state index contributed by atoms with van der Waals surface area (Å²) in [6, 6.07) is 14.5. The molecule has 4 aromatic heterocycles. The van der Waals surface area contributed by atoms with Crippen molar-refractivity contribution in [1.82, 2.24) is 0 Å². The van der Waals surface area contributed by atoms with E-state index in [1.165, 1.54) is 81.0 Å². The van der Waals surface area contributed by atoms with E-state index in [0.29, 0.717) is 19.6 Å². The molecule has 208 valence electrons. The highest BCUT2D eigenvalue weighted by Crippen LogP contribution is 2.81. The smallest absolute Gasteiger partial charge is 0.194 e.